The van der Waals surface area contributed by atoms with Crippen LogP contribution in [0.2, 0.25) is 0 Å². The number of hydrogen-bond acceptors (Lipinski definition) is 1. The number of hydrogen-bond donors (Lipinski definition) is 0. The third kappa shape index (κ3) is 6.21. The van der Waals surface area contributed by atoms with Gasteiger partial charge < -0.3 is 4.90 Å². The van der Waals surface area contributed by atoms with Crippen molar-refractivity contribution >= 4 is 60.2 Å². The summed E-state index contributed by atoms with van der Waals surface area (Å²) in [5.74, 6) is 0. The van der Waals surface area contributed by atoms with Crippen molar-refractivity contribution in [1.29, 1.82) is 0 Å². The molecule has 0 radical (unpaired) electrons. The van der Waals surface area contributed by atoms with Gasteiger partial charge in [0.15, 0.2) is 0 Å². The first kappa shape index (κ1) is 34.5. The van der Waals surface area contributed by atoms with Crippen LogP contribution < -0.4 is 4.90 Å². The molecule has 11 rings (SSSR count). The number of rotatable bonds is 7. The smallest absolute Gasteiger partial charge is 0.0462 e. The molecule has 0 aromatic heterocycles. The molecule has 276 valence electrons. The average molecular weight is 750 g/mol. The summed E-state index contributed by atoms with van der Waals surface area (Å²) in [6.45, 7) is 0. The fraction of sp³-hybridized carbons (Fsp3) is 0. The van der Waals surface area contributed by atoms with E-state index in [-0.39, 0.29) is 0 Å². The van der Waals surface area contributed by atoms with E-state index in [9.17, 15) is 0 Å². The lowest BCUT2D eigenvalue weighted by Gasteiger charge is -2.26. The third-order valence-corrected chi connectivity index (χ3v) is 11.8. The largest absolute Gasteiger partial charge is 0.311 e. The maximum absolute atomic E-state index is 2.42. The Morgan fingerprint density at radius 2 is 0.644 bits per heavy atom. The molecule has 1 nitrogen and oxygen atoms in total. The van der Waals surface area contributed by atoms with Gasteiger partial charge in [0, 0.05) is 17.1 Å². The highest BCUT2D eigenvalue weighted by molar-refractivity contribution is 6.24. The fourth-order valence-electron chi connectivity index (χ4n) is 8.99. The van der Waals surface area contributed by atoms with Gasteiger partial charge in [-0.2, -0.15) is 0 Å². The van der Waals surface area contributed by atoms with E-state index in [0.29, 0.717) is 0 Å². The lowest BCUT2D eigenvalue weighted by atomic mass is 9.87. The second-order valence-electron chi connectivity index (χ2n) is 15.3. The number of benzene rings is 11. The maximum atomic E-state index is 2.42. The molecule has 0 aliphatic heterocycles. The molecule has 0 amide bonds. The van der Waals surface area contributed by atoms with Gasteiger partial charge in [0.05, 0.1) is 0 Å². The van der Waals surface area contributed by atoms with Gasteiger partial charge in [-0.15, -0.1) is 0 Å². The van der Waals surface area contributed by atoms with Crippen molar-refractivity contribution in [1.82, 2.24) is 0 Å². The van der Waals surface area contributed by atoms with Crippen LogP contribution in [0.15, 0.2) is 237 Å². The average Bonchev–Trinajstić information content (AvgIpc) is 3.32. The van der Waals surface area contributed by atoms with Crippen molar-refractivity contribution in [2.75, 3.05) is 4.90 Å². The van der Waals surface area contributed by atoms with Crippen LogP contribution in [0.3, 0.4) is 0 Å². The maximum Gasteiger partial charge on any atom is 0.0462 e. The minimum absolute atomic E-state index is 1.11. The summed E-state index contributed by atoms with van der Waals surface area (Å²) in [5.41, 5.74) is 13.1. The SMILES string of the molecule is c1ccc(-c2cc3c4ccc(-c5ccc(N(c6ccccc6)c6ccc(-c7cccc8ccccc78)cc6)cc5)cc4c(-c4ccccc4)cc3c3ccccc23)cc1. The van der Waals surface area contributed by atoms with Crippen molar-refractivity contribution in [3.8, 4) is 44.5 Å². The zero-order chi connectivity index (χ0) is 39.1. The van der Waals surface area contributed by atoms with Crippen molar-refractivity contribution in [2.24, 2.45) is 0 Å². The van der Waals surface area contributed by atoms with Gasteiger partial charge in [-0.1, -0.05) is 182 Å². The topological polar surface area (TPSA) is 3.24 Å². The van der Waals surface area contributed by atoms with Crippen molar-refractivity contribution in [3.05, 3.63) is 237 Å². The van der Waals surface area contributed by atoms with Gasteiger partial charge in [-0.3, -0.25) is 0 Å². The third-order valence-electron chi connectivity index (χ3n) is 11.8. The lowest BCUT2D eigenvalue weighted by molar-refractivity contribution is 1.28. The van der Waals surface area contributed by atoms with Gasteiger partial charge in [-0.05, 0) is 142 Å². The van der Waals surface area contributed by atoms with Crippen molar-refractivity contribution in [3.63, 3.8) is 0 Å². The van der Waals surface area contributed by atoms with E-state index in [1.54, 1.807) is 0 Å². The molecule has 0 bridgehead atoms. The minimum Gasteiger partial charge on any atom is -0.311 e. The molecular weight excluding hydrogens is 711 g/mol. The van der Waals surface area contributed by atoms with E-state index < -0.39 is 0 Å². The predicted molar refractivity (Wildman–Crippen MR) is 253 cm³/mol. The highest BCUT2D eigenvalue weighted by atomic mass is 15.1. The first-order valence-corrected chi connectivity index (χ1v) is 20.3. The van der Waals surface area contributed by atoms with Crippen LogP contribution in [-0.2, 0) is 0 Å². The van der Waals surface area contributed by atoms with Gasteiger partial charge >= 0.3 is 0 Å². The molecule has 0 N–H and O–H groups in total. The quantitative estimate of drug-likeness (QED) is 0.147. The molecule has 0 aliphatic carbocycles. The molecular formula is C58H39N. The highest BCUT2D eigenvalue weighted by Crippen LogP contribution is 2.44. The molecule has 0 saturated carbocycles. The van der Waals surface area contributed by atoms with E-state index in [4.69, 9.17) is 0 Å². The fourth-order valence-corrected chi connectivity index (χ4v) is 8.99. The Balaban J connectivity index is 1.02. The monoisotopic (exact) mass is 749 g/mol. The molecule has 0 spiro atoms. The Morgan fingerprint density at radius 3 is 1.29 bits per heavy atom. The van der Waals surface area contributed by atoms with E-state index in [2.05, 4.69) is 241 Å². The summed E-state index contributed by atoms with van der Waals surface area (Å²) in [4.78, 5) is 2.34. The second kappa shape index (κ2) is 14.6. The van der Waals surface area contributed by atoms with Gasteiger partial charge in [0.25, 0.3) is 0 Å². The van der Waals surface area contributed by atoms with Crippen LogP contribution in [0.25, 0.3) is 87.6 Å². The van der Waals surface area contributed by atoms with Crippen LogP contribution in [0.4, 0.5) is 17.1 Å². The van der Waals surface area contributed by atoms with E-state index in [1.807, 2.05) is 0 Å². The molecule has 0 unspecified atom stereocenters. The van der Waals surface area contributed by atoms with E-state index in [1.165, 1.54) is 87.6 Å². The molecule has 0 aliphatic rings. The zero-order valence-electron chi connectivity index (χ0n) is 32.5. The first-order valence-electron chi connectivity index (χ1n) is 20.3. The molecule has 1 heteroatoms. The molecule has 0 fully saturated rings. The van der Waals surface area contributed by atoms with Gasteiger partial charge in [-0.25, -0.2) is 0 Å². The summed E-state index contributed by atoms with van der Waals surface area (Å²) in [5, 5.41) is 10.1. The molecule has 11 aromatic rings. The Kier molecular flexibility index (Phi) is 8.56. The Hall–Kier alpha value is -7.74. The first-order chi connectivity index (χ1) is 29.3. The summed E-state index contributed by atoms with van der Waals surface area (Å²) in [7, 11) is 0. The molecule has 0 atom stereocenters. The lowest BCUT2D eigenvalue weighted by Crippen LogP contribution is -2.09. The summed E-state index contributed by atoms with van der Waals surface area (Å²) >= 11 is 0. The second-order valence-corrected chi connectivity index (χ2v) is 15.3. The van der Waals surface area contributed by atoms with Crippen LogP contribution >= 0.6 is 0 Å². The number of anilines is 3. The van der Waals surface area contributed by atoms with Crippen LogP contribution in [-0.4, -0.2) is 0 Å². The Bertz CT molecular complexity index is 3270. The number of nitrogens with zero attached hydrogens (tertiary/aromatic N) is 1. The van der Waals surface area contributed by atoms with Crippen LogP contribution in [0, 0.1) is 0 Å². The molecule has 0 heterocycles. The zero-order valence-corrected chi connectivity index (χ0v) is 32.5. The molecule has 11 aromatic carbocycles. The minimum atomic E-state index is 1.11. The van der Waals surface area contributed by atoms with Crippen LogP contribution in [0.5, 0.6) is 0 Å². The van der Waals surface area contributed by atoms with Gasteiger partial charge in [0.2, 0.25) is 0 Å². The summed E-state index contributed by atoms with van der Waals surface area (Å²) in [6.07, 6.45) is 0. The highest BCUT2D eigenvalue weighted by Gasteiger charge is 2.17. The molecule has 0 saturated heterocycles. The summed E-state index contributed by atoms with van der Waals surface area (Å²) in [6, 6.07) is 86.1. The Labute approximate surface area is 344 Å². The van der Waals surface area contributed by atoms with Gasteiger partial charge in [0.1, 0.15) is 0 Å². The normalized spacial score (nSPS) is 11.4. The number of para-hydroxylation sites is 1. The van der Waals surface area contributed by atoms with Crippen LogP contribution in [0.1, 0.15) is 0 Å². The van der Waals surface area contributed by atoms with E-state index >= 15 is 0 Å². The van der Waals surface area contributed by atoms with Crippen molar-refractivity contribution in [2.45, 2.75) is 0 Å². The predicted octanol–water partition coefficient (Wildman–Crippen LogP) is 16.4. The number of fused-ring (bicyclic) bond motifs is 6. The summed E-state index contributed by atoms with van der Waals surface area (Å²) < 4.78 is 0. The Morgan fingerprint density at radius 1 is 0.203 bits per heavy atom. The van der Waals surface area contributed by atoms with Crippen molar-refractivity contribution < 1.29 is 0 Å². The molecule has 59 heavy (non-hydrogen) atoms. The van der Waals surface area contributed by atoms with E-state index in [0.717, 1.165) is 17.1 Å². The standard InChI is InChI=1S/C58H39N/c1-4-15-42(16-5-1)54-38-58-53-36-31-45(37-56(53)55(43-17-6-2-7-18-43)39-57(58)52-25-13-12-24-51(52)54)40-27-32-47(33-28-40)59(46-21-8-3-9-22-46)48-34-29-44(30-35-48)50-26-14-20-41-19-10-11-23-49(41)50/h1-39H.